The van der Waals surface area contributed by atoms with Crippen LogP contribution in [-0.2, 0) is 6.54 Å². The molecule has 3 N–H and O–H groups in total. The molecule has 0 aliphatic rings. The molecule has 1 aromatic heterocycles. The standard InChI is InChI=1S/C16H27N3O/c1-4-5-6-8-16(2,3)12-19-15(20)13-7-9-18-14(10-13)11-17/h7,9-10H,4-6,8,11-12,17H2,1-3H3,(H,19,20). The molecule has 0 aliphatic carbocycles. The quantitative estimate of drug-likeness (QED) is 0.718. The Hall–Kier alpha value is -1.42. The van der Waals surface area contributed by atoms with Crippen LogP contribution in [0.25, 0.3) is 0 Å². The first-order chi connectivity index (χ1) is 9.48. The van der Waals surface area contributed by atoms with E-state index in [1.54, 1.807) is 18.3 Å². The predicted octanol–water partition coefficient (Wildman–Crippen LogP) is 2.88. The lowest BCUT2D eigenvalue weighted by molar-refractivity contribution is 0.0934. The summed E-state index contributed by atoms with van der Waals surface area (Å²) in [7, 11) is 0. The largest absolute Gasteiger partial charge is 0.352 e. The summed E-state index contributed by atoms with van der Waals surface area (Å²) in [6, 6.07) is 3.47. The topological polar surface area (TPSA) is 68.0 Å². The summed E-state index contributed by atoms with van der Waals surface area (Å²) in [5.74, 6) is -0.0503. The Bertz CT molecular complexity index is 429. The lowest BCUT2D eigenvalue weighted by Gasteiger charge is -2.25. The maximum Gasteiger partial charge on any atom is 0.251 e. The molecule has 0 atom stereocenters. The average molecular weight is 277 g/mol. The summed E-state index contributed by atoms with van der Waals surface area (Å²) in [5.41, 5.74) is 7.03. The van der Waals surface area contributed by atoms with Crippen molar-refractivity contribution in [1.82, 2.24) is 10.3 Å². The molecular weight excluding hydrogens is 250 g/mol. The van der Waals surface area contributed by atoms with E-state index in [0.29, 0.717) is 18.7 Å². The Balaban J connectivity index is 2.49. The minimum Gasteiger partial charge on any atom is -0.352 e. The lowest BCUT2D eigenvalue weighted by Crippen LogP contribution is -2.34. The SMILES string of the molecule is CCCCCC(C)(C)CNC(=O)c1ccnc(CN)c1. The van der Waals surface area contributed by atoms with E-state index in [4.69, 9.17) is 5.73 Å². The Labute approximate surface area is 122 Å². The summed E-state index contributed by atoms with van der Waals surface area (Å²) >= 11 is 0. The second kappa shape index (κ2) is 8.00. The highest BCUT2D eigenvalue weighted by Crippen LogP contribution is 2.22. The van der Waals surface area contributed by atoms with Crippen molar-refractivity contribution in [2.75, 3.05) is 6.54 Å². The highest BCUT2D eigenvalue weighted by Gasteiger charge is 2.18. The second-order valence-corrected chi connectivity index (χ2v) is 6.04. The van der Waals surface area contributed by atoms with Crippen LogP contribution in [-0.4, -0.2) is 17.4 Å². The molecule has 0 spiro atoms. The highest BCUT2D eigenvalue weighted by molar-refractivity contribution is 5.94. The molecule has 0 radical (unpaired) electrons. The fourth-order valence-corrected chi connectivity index (χ4v) is 2.09. The van der Waals surface area contributed by atoms with Gasteiger partial charge in [-0.15, -0.1) is 0 Å². The molecule has 0 aromatic carbocycles. The zero-order chi connectivity index (χ0) is 15.0. The van der Waals surface area contributed by atoms with E-state index in [1.165, 1.54) is 19.3 Å². The smallest absolute Gasteiger partial charge is 0.251 e. The normalized spacial score (nSPS) is 11.4. The van der Waals surface area contributed by atoms with Gasteiger partial charge < -0.3 is 11.1 Å². The van der Waals surface area contributed by atoms with Gasteiger partial charge in [-0.2, -0.15) is 0 Å². The number of unbranched alkanes of at least 4 members (excludes halogenated alkanes) is 2. The molecule has 0 saturated carbocycles. The van der Waals surface area contributed by atoms with Crippen LogP contribution in [0.2, 0.25) is 0 Å². The Morgan fingerprint density at radius 1 is 1.40 bits per heavy atom. The first kappa shape index (κ1) is 16.6. The Kier molecular flexibility index (Phi) is 6.65. The van der Waals surface area contributed by atoms with Gasteiger partial charge in [-0.3, -0.25) is 9.78 Å². The number of aromatic nitrogens is 1. The van der Waals surface area contributed by atoms with Crippen molar-refractivity contribution in [3.8, 4) is 0 Å². The minimum absolute atomic E-state index is 0.0503. The average Bonchev–Trinajstić information content (AvgIpc) is 2.45. The van der Waals surface area contributed by atoms with Crippen LogP contribution in [0, 0.1) is 5.41 Å². The van der Waals surface area contributed by atoms with E-state index in [-0.39, 0.29) is 11.3 Å². The van der Waals surface area contributed by atoms with E-state index in [9.17, 15) is 4.79 Å². The molecule has 1 rings (SSSR count). The second-order valence-electron chi connectivity index (χ2n) is 6.04. The third-order valence-electron chi connectivity index (χ3n) is 3.47. The molecule has 1 heterocycles. The molecule has 112 valence electrons. The van der Waals surface area contributed by atoms with Gasteiger partial charge in [0.2, 0.25) is 0 Å². The molecule has 0 fully saturated rings. The summed E-state index contributed by atoms with van der Waals surface area (Å²) in [6.45, 7) is 7.63. The molecular formula is C16H27N3O. The first-order valence-corrected chi connectivity index (χ1v) is 7.41. The van der Waals surface area contributed by atoms with Gasteiger partial charge >= 0.3 is 0 Å². The number of nitrogens with zero attached hydrogens (tertiary/aromatic N) is 1. The van der Waals surface area contributed by atoms with Crippen molar-refractivity contribution in [3.63, 3.8) is 0 Å². The van der Waals surface area contributed by atoms with E-state index >= 15 is 0 Å². The zero-order valence-electron chi connectivity index (χ0n) is 12.9. The lowest BCUT2D eigenvalue weighted by atomic mass is 9.87. The fraction of sp³-hybridized carbons (Fsp3) is 0.625. The van der Waals surface area contributed by atoms with Gasteiger partial charge in [0.05, 0.1) is 5.69 Å². The number of hydrogen-bond donors (Lipinski definition) is 2. The molecule has 1 amide bonds. The van der Waals surface area contributed by atoms with Gasteiger partial charge in [-0.1, -0.05) is 40.0 Å². The molecule has 4 heteroatoms. The monoisotopic (exact) mass is 277 g/mol. The van der Waals surface area contributed by atoms with Crippen LogP contribution >= 0.6 is 0 Å². The van der Waals surface area contributed by atoms with Crippen LogP contribution in [0.15, 0.2) is 18.3 Å². The van der Waals surface area contributed by atoms with Crippen LogP contribution < -0.4 is 11.1 Å². The third kappa shape index (κ3) is 5.70. The molecule has 0 bridgehead atoms. The summed E-state index contributed by atoms with van der Waals surface area (Å²) in [4.78, 5) is 16.2. The van der Waals surface area contributed by atoms with Gasteiger partial charge in [-0.25, -0.2) is 0 Å². The van der Waals surface area contributed by atoms with Crippen molar-refractivity contribution >= 4 is 5.91 Å². The number of pyridine rings is 1. The Morgan fingerprint density at radius 3 is 2.80 bits per heavy atom. The molecule has 0 saturated heterocycles. The van der Waals surface area contributed by atoms with E-state index in [2.05, 4.69) is 31.1 Å². The maximum atomic E-state index is 12.1. The van der Waals surface area contributed by atoms with Crippen molar-refractivity contribution in [2.24, 2.45) is 11.1 Å². The van der Waals surface area contributed by atoms with Crippen molar-refractivity contribution in [1.29, 1.82) is 0 Å². The number of carbonyl (C=O) groups is 1. The molecule has 4 nitrogen and oxygen atoms in total. The number of amides is 1. The first-order valence-electron chi connectivity index (χ1n) is 7.41. The summed E-state index contributed by atoms with van der Waals surface area (Å²) in [6.07, 6.45) is 6.45. The summed E-state index contributed by atoms with van der Waals surface area (Å²) < 4.78 is 0. The number of nitrogens with two attached hydrogens (primary N) is 1. The minimum atomic E-state index is -0.0503. The van der Waals surface area contributed by atoms with E-state index < -0.39 is 0 Å². The number of carbonyl (C=O) groups excluding carboxylic acids is 1. The van der Waals surface area contributed by atoms with Gasteiger partial charge in [0, 0.05) is 24.8 Å². The van der Waals surface area contributed by atoms with Crippen molar-refractivity contribution in [3.05, 3.63) is 29.6 Å². The molecule has 0 unspecified atom stereocenters. The number of rotatable bonds is 8. The molecule has 0 aliphatic heterocycles. The number of nitrogens with one attached hydrogen (secondary N) is 1. The van der Waals surface area contributed by atoms with Crippen LogP contribution in [0.3, 0.4) is 0 Å². The molecule has 20 heavy (non-hydrogen) atoms. The maximum absolute atomic E-state index is 12.1. The van der Waals surface area contributed by atoms with Crippen molar-refractivity contribution < 1.29 is 4.79 Å². The highest BCUT2D eigenvalue weighted by atomic mass is 16.1. The number of hydrogen-bond acceptors (Lipinski definition) is 3. The predicted molar refractivity (Wildman–Crippen MR) is 82.4 cm³/mol. The Morgan fingerprint density at radius 2 is 2.15 bits per heavy atom. The zero-order valence-corrected chi connectivity index (χ0v) is 12.9. The van der Waals surface area contributed by atoms with E-state index in [1.807, 2.05) is 0 Å². The third-order valence-corrected chi connectivity index (χ3v) is 3.47. The van der Waals surface area contributed by atoms with Crippen LogP contribution in [0.5, 0.6) is 0 Å². The van der Waals surface area contributed by atoms with E-state index in [0.717, 1.165) is 12.1 Å². The van der Waals surface area contributed by atoms with Gasteiger partial charge in [0.1, 0.15) is 0 Å². The van der Waals surface area contributed by atoms with Gasteiger partial charge in [0.25, 0.3) is 5.91 Å². The molecule has 1 aromatic rings. The fourth-order valence-electron chi connectivity index (χ4n) is 2.09. The van der Waals surface area contributed by atoms with Gasteiger partial charge in [-0.05, 0) is 24.0 Å². The van der Waals surface area contributed by atoms with Crippen molar-refractivity contribution in [2.45, 2.75) is 53.0 Å². The summed E-state index contributed by atoms with van der Waals surface area (Å²) in [5, 5.41) is 3.01. The van der Waals surface area contributed by atoms with Gasteiger partial charge in [0.15, 0.2) is 0 Å². The van der Waals surface area contributed by atoms with Crippen LogP contribution in [0.4, 0.5) is 0 Å². The van der Waals surface area contributed by atoms with Crippen LogP contribution in [0.1, 0.15) is 62.5 Å².